The van der Waals surface area contributed by atoms with Crippen LogP contribution in [-0.4, -0.2) is 20.3 Å². The van der Waals surface area contributed by atoms with Crippen molar-refractivity contribution >= 4 is 0 Å². The number of nitrogens with one attached hydrogen (secondary N) is 1. The van der Waals surface area contributed by atoms with E-state index in [4.69, 9.17) is 9.57 Å². The van der Waals surface area contributed by atoms with E-state index in [1.807, 2.05) is 13.0 Å². The predicted octanol–water partition coefficient (Wildman–Crippen LogP) is 2.44. The van der Waals surface area contributed by atoms with E-state index in [0.717, 1.165) is 6.42 Å². The molecule has 90 valence electrons. The zero-order valence-corrected chi connectivity index (χ0v) is 9.70. The number of rotatable bonds is 7. The Bertz CT molecular complexity index is 307. The third-order valence-corrected chi connectivity index (χ3v) is 2.30. The molecule has 1 N–H and O–H groups in total. The number of ether oxygens (including phenoxy) is 1. The SMILES string of the molecule is CCC(NOCCOC)c1ccccc1F. The van der Waals surface area contributed by atoms with Gasteiger partial charge in [-0.1, -0.05) is 25.1 Å². The van der Waals surface area contributed by atoms with E-state index in [-0.39, 0.29) is 11.9 Å². The van der Waals surface area contributed by atoms with E-state index >= 15 is 0 Å². The number of methoxy groups -OCH3 is 1. The topological polar surface area (TPSA) is 30.5 Å². The highest BCUT2D eigenvalue weighted by Crippen LogP contribution is 2.19. The van der Waals surface area contributed by atoms with Crippen LogP contribution in [0.25, 0.3) is 0 Å². The monoisotopic (exact) mass is 227 g/mol. The summed E-state index contributed by atoms with van der Waals surface area (Å²) < 4.78 is 18.3. The third kappa shape index (κ3) is 3.89. The van der Waals surface area contributed by atoms with Crippen molar-refractivity contribution in [2.24, 2.45) is 0 Å². The van der Waals surface area contributed by atoms with E-state index in [9.17, 15) is 4.39 Å². The Morgan fingerprint density at radius 3 is 2.69 bits per heavy atom. The molecule has 0 heterocycles. The van der Waals surface area contributed by atoms with Crippen LogP contribution < -0.4 is 5.48 Å². The van der Waals surface area contributed by atoms with E-state index < -0.39 is 0 Å². The van der Waals surface area contributed by atoms with E-state index in [0.29, 0.717) is 18.8 Å². The van der Waals surface area contributed by atoms with Gasteiger partial charge in [-0.3, -0.25) is 4.84 Å². The minimum atomic E-state index is -0.211. The first-order valence-electron chi connectivity index (χ1n) is 5.40. The molecule has 16 heavy (non-hydrogen) atoms. The second kappa shape index (κ2) is 7.33. The van der Waals surface area contributed by atoms with Gasteiger partial charge in [0.1, 0.15) is 5.82 Å². The molecule has 0 aliphatic heterocycles. The first kappa shape index (κ1) is 13.1. The first-order valence-corrected chi connectivity index (χ1v) is 5.40. The summed E-state index contributed by atoms with van der Waals surface area (Å²) in [4.78, 5) is 5.19. The molecule has 0 spiro atoms. The van der Waals surface area contributed by atoms with Gasteiger partial charge >= 0.3 is 0 Å². The number of hydroxylamine groups is 1. The average Bonchev–Trinajstić information content (AvgIpc) is 2.31. The molecule has 0 amide bonds. The Morgan fingerprint density at radius 1 is 1.31 bits per heavy atom. The molecule has 1 aromatic rings. The first-order chi connectivity index (χ1) is 7.79. The molecule has 3 nitrogen and oxygen atoms in total. The van der Waals surface area contributed by atoms with Gasteiger partial charge in [-0.15, -0.1) is 0 Å². The van der Waals surface area contributed by atoms with Crippen LogP contribution in [0.15, 0.2) is 24.3 Å². The van der Waals surface area contributed by atoms with Crippen LogP contribution >= 0.6 is 0 Å². The van der Waals surface area contributed by atoms with E-state index in [1.165, 1.54) is 6.07 Å². The molecular weight excluding hydrogens is 209 g/mol. The van der Waals surface area contributed by atoms with Gasteiger partial charge in [0.15, 0.2) is 0 Å². The second-order valence-electron chi connectivity index (χ2n) is 3.44. The lowest BCUT2D eigenvalue weighted by Crippen LogP contribution is -2.23. The van der Waals surface area contributed by atoms with Gasteiger partial charge in [-0.2, -0.15) is 5.48 Å². The highest BCUT2D eigenvalue weighted by Gasteiger charge is 2.12. The lowest BCUT2D eigenvalue weighted by atomic mass is 10.1. The summed E-state index contributed by atoms with van der Waals surface area (Å²) in [7, 11) is 1.61. The van der Waals surface area contributed by atoms with Crippen LogP contribution in [0.3, 0.4) is 0 Å². The summed E-state index contributed by atoms with van der Waals surface area (Å²) in [6.45, 7) is 2.94. The largest absolute Gasteiger partial charge is 0.382 e. The van der Waals surface area contributed by atoms with Crippen molar-refractivity contribution in [3.05, 3.63) is 35.6 Å². The smallest absolute Gasteiger partial charge is 0.128 e. The van der Waals surface area contributed by atoms with Gasteiger partial charge in [0.2, 0.25) is 0 Å². The summed E-state index contributed by atoms with van der Waals surface area (Å²) in [5.74, 6) is -0.211. The number of hydrogen-bond acceptors (Lipinski definition) is 3. The van der Waals surface area contributed by atoms with Crippen LogP contribution in [0.2, 0.25) is 0 Å². The Morgan fingerprint density at radius 2 is 2.06 bits per heavy atom. The summed E-state index contributed by atoms with van der Waals surface area (Å²) in [6.07, 6.45) is 0.758. The lowest BCUT2D eigenvalue weighted by molar-refractivity contribution is -0.0137. The minimum absolute atomic E-state index is 0.127. The number of halogens is 1. The molecule has 1 unspecified atom stereocenters. The van der Waals surface area contributed by atoms with E-state index in [1.54, 1.807) is 19.2 Å². The van der Waals surface area contributed by atoms with Crippen molar-refractivity contribution in [3.63, 3.8) is 0 Å². The Kier molecular flexibility index (Phi) is 6.00. The Balaban J connectivity index is 2.51. The summed E-state index contributed by atoms with van der Waals surface area (Å²) in [6, 6.07) is 6.58. The summed E-state index contributed by atoms with van der Waals surface area (Å²) >= 11 is 0. The van der Waals surface area contributed by atoms with Crippen LogP contribution in [-0.2, 0) is 9.57 Å². The Labute approximate surface area is 95.5 Å². The van der Waals surface area contributed by atoms with Crippen molar-refractivity contribution in [1.82, 2.24) is 5.48 Å². The van der Waals surface area contributed by atoms with Gasteiger partial charge in [-0.25, -0.2) is 4.39 Å². The highest BCUT2D eigenvalue weighted by molar-refractivity contribution is 5.20. The molecule has 1 aromatic carbocycles. The lowest BCUT2D eigenvalue weighted by Gasteiger charge is -2.17. The zero-order valence-electron chi connectivity index (χ0n) is 9.70. The van der Waals surface area contributed by atoms with Crippen molar-refractivity contribution in [2.45, 2.75) is 19.4 Å². The zero-order chi connectivity index (χ0) is 11.8. The van der Waals surface area contributed by atoms with E-state index in [2.05, 4.69) is 5.48 Å². The van der Waals surface area contributed by atoms with Gasteiger partial charge in [-0.05, 0) is 12.5 Å². The van der Waals surface area contributed by atoms with Crippen molar-refractivity contribution in [1.29, 1.82) is 0 Å². The second-order valence-corrected chi connectivity index (χ2v) is 3.44. The van der Waals surface area contributed by atoms with Crippen LogP contribution in [0.5, 0.6) is 0 Å². The predicted molar refractivity (Wildman–Crippen MR) is 60.4 cm³/mol. The fourth-order valence-corrected chi connectivity index (χ4v) is 1.41. The molecule has 0 fully saturated rings. The molecule has 1 rings (SSSR count). The quantitative estimate of drug-likeness (QED) is 0.573. The van der Waals surface area contributed by atoms with Gasteiger partial charge in [0.05, 0.1) is 19.3 Å². The molecule has 0 radical (unpaired) electrons. The summed E-state index contributed by atoms with van der Waals surface area (Å²) in [5.41, 5.74) is 3.47. The van der Waals surface area contributed by atoms with Gasteiger partial charge in [0.25, 0.3) is 0 Å². The molecule has 0 aromatic heterocycles. The van der Waals surface area contributed by atoms with Crippen molar-refractivity contribution in [2.75, 3.05) is 20.3 Å². The molecule has 0 saturated carbocycles. The fourth-order valence-electron chi connectivity index (χ4n) is 1.41. The maximum atomic E-state index is 13.5. The minimum Gasteiger partial charge on any atom is -0.382 e. The highest BCUT2D eigenvalue weighted by atomic mass is 19.1. The number of benzene rings is 1. The molecule has 1 atom stereocenters. The normalized spacial score (nSPS) is 12.7. The standard InChI is InChI=1S/C12H18FNO2/c1-3-12(14-16-9-8-15-2)10-6-4-5-7-11(10)13/h4-7,12,14H,3,8-9H2,1-2H3. The Hall–Kier alpha value is -0.970. The molecule has 4 heteroatoms. The van der Waals surface area contributed by atoms with Crippen LogP contribution in [0.4, 0.5) is 4.39 Å². The van der Waals surface area contributed by atoms with Crippen LogP contribution in [0, 0.1) is 5.82 Å². The average molecular weight is 227 g/mol. The molecule has 0 saturated heterocycles. The summed E-state index contributed by atoms with van der Waals surface area (Å²) in [5, 5.41) is 0. The molecule has 0 aliphatic rings. The van der Waals surface area contributed by atoms with Crippen LogP contribution in [0.1, 0.15) is 24.9 Å². The van der Waals surface area contributed by atoms with Gasteiger partial charge in [0, 0.05) is 12.7 Å². The number of hydrogen-bond donors (Lipinski definition) is 1. The maximum absolute atomic E-state index is 13.5. The molecule has 0 aliphatic carbocycles. The molecule has 0 bridgehead atoms. The molecular formula is C12H18FNO2. The third-order valence-electron chi connectivity index (χ3n) is 2.30. The fraction of sp³-hybridized carbons (Fsp3) is 0.500. The van der Waals surface area contributed by atoms with Crippen molar-refractivity contribution < 1.29 is 14.0 Å². The van der Waals surface area contributed by atoms with Crippen molar-refractivity contribution in [3.8, 4) is 0 Å². The maximum Gasteiger partial charge on any atom is 0.128 e. The van der Waals surface area contributed by atoms with Gasteiger partial charge < -0.3 is 4.74 Å².